The van der Waals surface area contributed by atoms with E-state index in [1.165, 1.54) is 76.9 Å². The molecule has 55 heavy (non-hydrogen) atoms. The molecule has 3 nitrogen and oxygen atoms in total. The maximum absolute atomic E-state index is 6.66. The van der Waals surface area contributed by atoms with Crippen LogP contribution in [-0.4, -0.2) is 4.57 Å². The normalized spacial score (nSPS) is 12.2. The van der Waals surface area contributed by atoms with Crippen molar-refractivity contribution in [1.82, 2.24) is 4.57 Å². The zero-order valence-electron chi connectivity index (χ0n) is 30.5. The predicted molar refractivity (Wildman–Crippen MR) is 232 cm³/mol. The molecule has 0 radical (unpaired) electrons. The molecule has 0 spiro atoms. The van der Waals surface area contributed by atoms with Gasteiger partial charge < -0.3 is 13.9 Å². The second-order valence-electron chi connectivity index (χ2n) is 15.1. The van der Waals surface area contributed by atoms with Crippen LogP contribution in [-0.2, 0) is 0 Å². The number of furan rings is 1. The smallest absolute Gasteiger partial charge is 0.159 e. The Hall–Kier alpha value is -7.10. The Kier molecular flexibility index (Phi) is 6.19. The highest BCUT2D eigenvalue weighted by atomic mass is 16.3. The summed E-state index contributed by atoms with van der Waals surface area (Å²) in [5.74, 6) is 0. The molecule has 0 N–H and O–H groups in total. The molecule has 2 heterocycles. The molecule has 2 aromatic heterocycles. The highest BCUT2D eigenvalue weighted by molar-refractivity contribution is 6.14. The van der Waals surface area contributed by atoms with E-state index >= 15 is 0 Å². The summed E-state index contributed by atoms with van der Waals surface area (Å²) in [5, 5.41) is 9.78. The topological polar surface area (TPSA) is 21.3 Å². The SMILES string of the molecule is Cc1ccccc1N(c1ccc2cc3c(cc2c1)-c1cc2ccc(-n4c5ccccc5c5ccccc54)cc2cc1-3)c1c(C)ccc2c1oc1ccccc12. The molecule has 0 unspecified atom stereocenters. The minimum absolute atomic E-state index is 0.904. The van der Waals surface area contributed by atoms with Gasteiger partial charge in [0.2, 0.25) is 0 Å². The predicted octanol–water partition coefficient (Wildman–Crippen LogP) is 14.7. The van der Waals surface area contributed by atoms with Crippen LogP contribution in [0.15, 0.2) is 174 Å². The fourth-order valence-corrected chi connectivity index (χ4v) is 9.23. The molecule has 0 atom stereocenters. The molecular weight excluding hydrogens is 669 g/mol. The molecule has 1 aliphatic carbocycles. The number of aromatic nitrogens is 1. The monoisotopic (exact) mass is 702 g/mol. The van der Waals surface area contributed by atoms with Crippen LogP contribution in [0.3, 0.4) is 0 Å². The van der Waals surface area contributed by atoms with Gasteiger partial charge >= 0.3 is 0 Å². The van der Waals surface area contributed by atoms with Crippen molar-refractivity contribution in [2.75, 3.05) is 4.90 Å². The number of aryl methyl sites for hydroxylation is 2. The molecule has 0 aliphatic heterocycles. The number of rotatable bonds is 4. The summed E-state index contributed by atoms with van der Waals surface area (Å²) in [6.45, 7) is 4.37. The Morgan fingerprint density at radius 2 is 1.02 bits per heavy atom. The minimum atomic E-state index is 0.904. The van der Waals surface area contributed by atoms with Gasteiger partial charge in [0.25, 0.3) is 0 Å². The van der Waals surface area contributed by atoms with Crippen molar-refractivity contribution in [3.05, 3.63) is 181 Å². The second kappa shape index (κ2) is 11.2. The molecule has 1 aliphatic rings. The van der Waals surface area contributed by atoms with E-state index in [2.05, 4.69) is 187 Å². The maximum Gasteiger partial charge on any atom is 0.159 e. The van der Waals surface area contributed by atoms with Crippen molar-refractivity contribution in [2.24, 2.45) is 0 Å². The van der Waals surface area contributed by atoms with Gasteiger partial charge in [-0.3, -0.25) is 0 Å². The lowest BCUT2D eigenvalue weighted by Crippen LogP contribution is -2.13. The van der Waals surface area contributed by atoms with Gasteiger partial charge in [-0.05, 0) is 142 Å². The molecule has 9 aromatic carbocycles. The molecular formula is C52H34N2O. The summed E-state index contributed by atoms with van der Waals surface area (Å²) in [7, 11) is 0. The highest BCUT2D eigenvalue weighted by Gasteiger charge is 2.26. The number of benzene rings is 9. The van der Waals surface area contributed by atoms with E-state index in [9.17, 15) is 0 Å². The Morgan fingerprint density at radius 3 is 1.73 bits per heavy atom. The molecule has 11 aromatic rings. The number of hydrogen-bond acceptors (Lipinski definition) is 2. The number of fused-ring (bicyclic) bond motifs is 12. The van der Waals surface area contributed by atoms with E-state index in [4.69, 9.17) is 4.42 Å². The fraction of sp³-hybridized carbons (Fsp3) is 0.0385. The van der Waals surface area contributed by atoms with Crippen LogP contribution in [0, 0.1) is 13.8 Å². The zero-order chi connectivity index (χ0) is 36.4. The number of para-hydroxylation sites is 4. The average molecular weight is 703 g/mol. The van der Waals surface area contributed by atoms with Crippen molar-refractivity contribution in [3.8, 4) is 27.9 Å². The summed E-state index contributed by atoms with van der Waals surface area (Å²) in [6.07, 6.45) is 0. The van der Waals surface area contributed by atoms with Gasteiger partial charge in [-0.2, -0.15) is 0 Å². The van der Waals surface area contributed by atoms with E-state index in [0.717, 1.165) is 44.6 Å². The van der Waals surface area contributed by atoms with Gasteiger partial charge in [0.05, 0.1) is 16.7 Å². The van der Waals surface area contributed by atoms with Gasteiger partial charge in [-0.15, -0.1) is 0 Å². The number of hydrogen-bond donors (Lipinski definition) is 0. The first-order chi connectivity index (χ1) is 27.1. The van der Waals surface area contributed by atoms with Gasteiger partial charge in [-0.1, -0.05) is 97.1 Å². The van der Waals surface area contributed by atoms with Crippen LogP contribution in [0.1, 0.15) is 11.1 Å². The van der Waals surface area contributed by atoms with Crippen LogP contribution < -0.4 is 4.90 Å². The Bertz CT molecular complexity index is 3360. The van der Waals surface area contributed by atoms with Crippen molar-refractivity contribution in [3.63, 3.8) is 0 Å². The molecule has 0 saturated heterocycles. The van der Waals surface area contributed by atoms with Crippen LogP contribution in [0.25, 0.3) is 93.2 Å². The Morgan fingerprint density at radius 1 is 0.436 bits per heavy atom. The van der Waals surface area contributed by atoms with E-state index < -0.39 is 0 Å². The summed E-state index contributed by atoms with van der Waals surface area (Å²) < 4.78 is 9.06. The summed E-state index contributed by atoms with van der Waals surface area (Å²) in [5.41, 5.74) is 16.4. The van der Waals surface area contributed by atoms with E-state index in [-0.39, 0.29) is 0 Å². The van der Waals surface area contributed by atoms with Crippen molar-refractivity contribution >= 4 is 82.4 Å². The largest absolute Gasteiger partial charge is 0.454 e. The van der Waals surface area contributed by atoms with E-state index in [1.54, 1.807) is 0 Å². The maximum atomic E-state index is 6.66. The van der Waals surface area contributed by atoms with E-state index in [0.29, 0.717) is 0 Å². The van der Waals surface area contributed by atoms with E-state index in [1.807, 2.05) is 6.07 Å². The van der Waals surface area contributed by atoms with Gasteiger partial charge in [-0.25, -0.2) is 0 Å². The first-order valence-electron chi connectivity index (χ1n) is 19.0. The summed E-state index contributed by atoms with van der Waals surface area (Å²) in [6, 6.07) is 62.2. The molecule has 0 bridgehead atoms. The summed E-state index contributed by atoms with van der Waals surface area (Å²) >= 11 is 0. The van der Waals surface area contributed by atoms with Gasteiger partial charge in [0.15, 0.2) is 5.58 Å². The van der Waals surface area contributed by atoms with Crippen LogP contribution >= 0.6 is 0 Å². The Balaban J connectivity index is 0.991. The van der Waals surface area contributed by atoms with Crippen LogP contribution in [0.5, 0.6) is 0 Å². The van der Waals surface area contributed by atoms with Crippen molar-refractivity contribution in [2.45, 2.75) is 13.8 Å². The van der Waals surface area contributed by atoms with Gasteiger partial charge in [0.1, 0.15) is 5.58 Å². The first kappa shape index (κ1) is 30.4. The zero-order valence-corrected chi connectivity index (χ0v) is 30.5. The standard InChI is InChI=1S/C52H34N2O/c1-31-11-3-7-15-47(31)54(51-32(2)19-24-42-41-14-6-10-18-50(41)55-52(42)51)38-23-21-34-28-44-45-29-35-25-37(22-20-33(35)27-43(45)46(44)30-36(34)26-38)53-48-16-8-4-12-39(48)40-13-5-9-17-49(40)53/h3-30H,1-2H3. The third kappa shape index (κ3) is 4.32. The van der Waals surface area contributed by atoms with Crippen LogP contribution in [0.2, 0.25) is 0 Å². The Labute approximate surface area is 317 Å². The number of nitrogens with zero attached hydrogens (tertiary/aromatic N) is 2. The number of anilines is 3. The van der Waals surface area contributed by atoms with Crippen LogP contribution in [0.4, 0.5) is 17.1 Å². The third-order valence-electron chi connectivity index (χ3n) is 11.9. The highest BCUT2D eigenvalue weighted by Crippen LogP contribution is 2.52. The second-order valence-corrected chi connectivity index (χ2v) is 15.1. The first-order valence-corrected chi connectivity index (χ1v) is 19.0. The minimum Gasteiger partial charge on any atom is -0.454 e. The lowest BCUT2D eigenvalue weighted by atomic mass is 9.78. The molecule has 0 saturated carbocycles. The molecule has 258 valence electrons. The quantitative estimate of drug-likeness (QED) is 0.182. The third-order valence-corrected chi connectivity index (χ3v) is 11.9. The molecule has 12 rings (SSSR count). The molecule has 0 amide bonds. The lowest BCUT2D eigenvalue weighted by molar-refractivity contribution is 0.668. The summed E-state index contributed by atoms with van der Waals surface area (Å²) in [4.78, 5) is 2.39. The lowest BCUT2D eigenvalue weighted by Gasteiger charge is -2.29. The average Bonchev–Trinajstić information content (AvgIpc) is 3.77. The van der Waals surface area contributed by atoms with Gasteiger partial charge in [0, 0.05) is 38.6 Å². The molecule has 0 fully saturated rings. The molecule has 3 heteroatoms. The van der Waals surface area contributed by atoms with Crippen molar-refractivity contribution in [1.29, 1.82) is 0 Å². The van der Waals surface area contributed by atoms with Crippen molar-refractivity contribution < 1.29 is 4.42 Å². The fourth-order valence-electron chi connectivity index (χ4n) is 9.23.